The van der Waals surface area contributed by atoms with Crippen molar-refractivity contribution in [3.05, 3.63) is 12.7 Å². The molecule has 0 unspecified atom stereocenters. The fraction of sp³-hybridized carbons (Fsp3) is 0.824. The molecule has 0 radical (unpaired) electrons. The summed E-state index contributed by atoms with van der Waals surface area (Å²) < 4.78 is 0. The average molecular weight is 266 g/mol. The van der Waals surface area contributed by atoms with Crippen molar-refractivity contribution < 1.29 is 9.90 Å². The quantitative estimate of drug-likeness (QED) is 0.493. The lowest BCUT2D eigenvalue weighted by Gasteiger charge is -2.38. The van der Waals surface area contributed by atoms with Crippen LogP contribution in [-0.4, -0.2) is 11.1 Å². The zero-order chi connectivity index (χ0) is 14.3. The highest BCUT2D eigenvalue weighted by molar-refractivity contribution is 5.74. The fourth-order valence-electron chi connectivity index (χ4n) is 3.36. The largest absolute Gasteiger partial charge is 0.481 e. The van der Waals surface area contributed by atoms with E-state index < -0.39 is 11.4 Å². The smallest absolute Gasteiger partial charge is 0.309 e. The molecule has 0 aliphatic heterocycles. The van der Waals surface area contributed by atoms with Crippen LogP contribution in [0.2, 0.25) is 0 Å². The molecule has 1 saturated carbocycles. The molecular formula is C17H30O2. The zero-order valence-electron chi connectivity index (χ0n) is 12.7. The third kappa shape index (κ3) is 4.67. The van der Waals surface area contributed by atoms with Gasteiger partial charge in [-0.05, 0) is 56.8 Å². The van der Waals surface area contributed by atoms with Gasteiger partial charge in [0.15, 0.2) is 0 Å². The lowest BCUT2D eigenvalue weighted by molar-refractivity contribution is -0.152. The summed E-state index contributed by atoms with van der Waals surface area (Å²) in [6.07, 6.45) is 11.1. The van der Waals surface area contributed by atoms with E-state index in [0.717, 1.165) is 63.7 Å². The maximum Gasteiger partial charge on any atom is 0.309 e. The number of unbranched alkanes of at least 4 members (excludes halogenated alkanes) is 3. The van der Waals surface area contributed by atoms with E-state index in [4.69, 9.17) is 0 Å². The van der Waals surface area contributed by atoms with Gasteiger partial charge in [0.05, 0.1) is 5.41 Å². The lowest BCUT2D eigenvalue weighted by atomic mass is 9.66. The van der Waals surface area contributed by atoms with Crippen molar-refractivity contribution in [2.24, 2.45) is 17.3 Å². The molecule has 1 N–H and O–H groups in total. The molecule has 1 rings (SSSR count). The van der Waals surface area contributed by atoms with Crippen LogP contribution in [0.5, 0.6) is 0 Å². The first kappa shape index (κ1) is 16.3. The molecular weight excluding hydrogens is 236 g/mol. The SMILES string of the molecule is C=CCCCCCC1(C(=O)O)CCC(C(C)C)CC1. The summed E-state index contributed by atoms with van der Waals surface area (Å²) in [6, 6.07) is 0. The summed E-state index contributed by atoms with van der Waals surface area (Å²) in [5.41, 5.74) is -0.417. The number of carboxylic acids is 1. The number of carbonyl (C=O) groups is 1. The Balaban J connectivity index is 2.44. The van der Waals surface area contributed by atoms with Gasteiger partial charge in [-0.15, -0.1) is 6.58 Å². The van der Waals surface area contributed by atoms with Crippen LogP contribution < -0.4 is 0 Å². The minimum absolute atomic E-state index is 0.417. The first-order chi connectivity index (χ1) is 9.02. The molecule has 110 valence electrons. The standard InChI is InChI=1S/C17H30O2/c1-4-5-6-7-8-11-17(16(18)19)12-9-15(10-13-17)14(2)3/h4,14-15H,1,5-13H2,2-3H3,(H,18,19). The summed E-state index contributed by atoms with van der Waals surface area (Å²) >= 11 is 0. The summed E-state index contributed by atoms with van der Waals surface area (Å²) in [7, 11) is 0. The van der Waals surface area contributed by atoms with Crippen LogP contribution >= 0.6 is 0 Å². The highest BCUT2D eigenvalue weighted by atomic mass is 16.4. The van der Waals surface area contributed by atoms with Crippen LogP contribution in [0.3, 0.4) is 0 Å². The number of rotatable bonds is 8. The highest BCUT2D eigenvalue weighted by Crippen LogP contribution is 2.44. The van der Waals surface area contributed by atoms with E-state index in [1.54, 1.807) is 0 Å². The van der Waals surface area contributed by atoms with Gasteiger partial charge in [-0.25, -0.2) is 0 Å². The van der Waals surface area contributed by atoms with Crippen LogP contribution in [0.15, 0.2) is 12.7 Å². The Morgan fingerprint density at radius 3 is 2.42 bits per heavy atom. The molecule has 2 nitrogen and oxygen atoms in total. The monoisotopic (exact) mass is 266 g/mol. The van der Waals surface area contributed by atoms with E-state index in [0.29, 0.717) is 5.92 Å². The first-order valence-corrected chi connectivity index (χ1v) is 7.86. The van der Waals surface area contributed by atoms with Crippen molar-refractivity contribution in [1.82, 2.24) is 0 Å². The highest BCUT2D eigenvalue weighted by Gasteiger charge is 2.41. The van der Waals surface area contributed by atoms with Crippen molar-refractivity contribution in [3.8, 4) is 0 Å². The Bertz CT molecular complexity index is 286. The molecule has 1 fully saturated rings. The molecule has 0 heterocycles. The Morgan fingerprint density at radius 2 is 1.95 bits per heavy atom. The summed E-state index contributed by atoms with van der Waals surface area (Å²) in [5.74, 6) is 0.867. The Morgan fingerprint density at radius 1 is 1.32 bits per heavy atom. The van der Waals surface area contributed by atoms with E-state index in [1.165, 1.54) is 0 Å². The van der Waals surface area contributed by atoms with E-state index in [-0.39, 0.29) is 0 Å². The molecule has 2 heteroatoms. The van der Waals surface area contributed by atoms with Gasteiger partial charge < -0.3 is 5.11 Å². The van der Waals surface area contributed by atoms with Crippen molar-refractivity contribution in [1.29, 1.82) is 0 Å². The van der Waals surface area contributed by atoms with Gasteiger partial charge >= 0.3 is 5.97 Å². The zero-order valence-corrected chi connectivity index (χ0v) is 12.7. The van der Waals surface area contributed by atoms with Gasteiger partial charge in [-0.2, -0.15) is 0 Å². The van der Waals surface area contributed by atoms with Gasteiger partial charge in [0, 0.05) is 0 Å². The minimum Gasteiger partial charge on any atom is -0.481 e. The van der Waals surface area contributed by atoms with Crippen LogP contribution in [-0.2, 0) is 4.79 Å². The summed E-state index contributed by atoms with van der Waals surface area (Å²) in [5, 5.41) is 9.60. The van der Waals surface area contributed by atoms with E-state index in [2.05, 4.69) is 20.4 Å². The van der Waals surface area contributed by atoms with Gasteiger partial charge in [0.2, 0.25) is 0 Å². The minimum atomic E-state index is -0.557. The van der Waals surface area contributed by atoms with Crippen molar-refractivity contribution in [3.63, 3.8) is 0 Å². The molecule has 0 bridgehead atoms. The van der Waals surface area contributed by atoms with Gasteiger partial charge in [0.1, 0.15) is 0 Å². The molecule has 19 heavy (non-hydrogen) atoms. The normalized spacial score (nSPS) is 27.4. The summed E-state index contributed by atoms with van der Waals surface area (Å²) in [4.78, 5) is 11.7. The van der Waals surface area contributed by atoms with E-state index in [9.17, 15) is 9.90 Å². The molecule has 1 aliphatic rings. The number of aliphatic carboxylic acids is 1. The second-order valence-electron chi connectivity index (χ2n) is 6.55. The summed E-state index contributed by atoms with van der Waals surface area (Å²) in [6.45, 7) is 8.24. The first-order valence-electron chi connectivity index (χ1n) is 7.86. The second-order valence-corrected chi connectivity index (χ2v) is 6.55. The van der Waals surface area contributed by atoms with Crippen LogP contribution in [0.4, 0.5) is 0 Å². The van der Waals surface area contributed by atoms with Crippen LogP contribution in [0, 0.1) is 17.3 Å². The third-order valence-corrected chi connectivity index (χ3v) is 4.95. The van der Waals surface area contributed by atoms with Crippen molar-refractivity contribution in [2.45, 2.75) is 71.6 Å². The van der Waals surface area contributed by atoms with Crippen LogP contribution in [0.25, 0.3) is 0 Å². The lowest BCUT2D eigenvalue weighted by Crippen LogP contribution is -2.36. The molecule has 0 aromatic rings. The number of carboxylic acid groups (broad SMARTS) is 1. The van der Waals surface area contributed by atoms with E-state index >= 15 is 0 Å². The predicted molar refractivity (Wildman–Crippen MR) is 80.1 cm³/mol. The topological polar surface area (TPSA) is 37.3 Å². The molecule has 0 amide bonds. The van der Waals surface area contributed by atoms with Gasteiger partial charge in [0.25, 0.3) is 0 Å². The Hall–Kier alpha value is -0.790. The number of hydrogen-bond acceptors (Lipinski definition) is 1. The number of hydrogen-bond donors (Lipinski definition) is 1. The van der Waals surface area contributed by atoms with E-state index in [1.807, 2.05) is 6.08 Å². The predicted octanol–water partition coefficient (Wildman–Crippen LogP) is 5.04. The fourth-order valence-corrected chi connectivity index (χ4v) is 3.36. The number of allylic oxidation sites excluding steroid dienone is 1. The second kappa shape index (κ2) is 7.72. The molecule has 1 aliphatic carbocycles. The molecule has 0 aromatic heterocycles. The molecule has 0 atom stereocenters. The van der Waals surface area contributed by atoms with Crippen LogP contribution in [0.1, 0.15) is 71.6 Å². The maximum absolute atomic E-state index is 11.7. The maximum atomic E-state index is 11.7. The Kier molecular flexibility index (Phi) is 6.60. The van der Waals surface area contributed by atoms with Gasteiger partial charge in [-0.3, -0.25) is 4.79 Å². The Labute approximate surface area is 118 Å². The third-order valence-electron chi connectivity index (χ3n) is 4.95. The molecule has 0 aromatic carbocycles. The van der Waals surface area contributed by atoms with Gasteiger partial charge in [-0.1, -0.05) is 32.8 Å². The van der Waals surface area contributed by atoms with Crippen molar-refractivity contribution in [2.75, 3.05) is 0 Å². The van der Waals surface area contributed by atoms with Crippen molar-refractivity contribution >= 4 is 5.97 Å². The molecule has 0 spiro atoms. The average Bonchev–Trinajstić information content (AvgIpc) is 2.38. The molecule has 0 saturated heterocycles.